The summed E-state index contributed by atoms with van der Waals surface area (Å²) < 4.78 is 27.2. The minimum atomic E-state index is -3.44. The summed E-state index contributed by atoms with van der Waals surface area (Å²) >= 11 is 1.22. The normalized spacial score (nSPS) is 16.4. The third kappa shape index (κ3) is 2.74. The zero-order valence-corrected chi connectivity index (χ0v) is 12.7. The second-order valence-corrected chi connectivity index (χ2v) is 7.87. The van der Waals surface area contributed by atoms with Crippen LogP contribution in [-0.4, -0.2) is 37.0 Å². The quantitative estimate of drug-likeness (QED) is 0.908. The Balaban J connectivity index is 1.98. The van der Waals surface area contributed by atoms with Gasteiger partial charge in [0.25, 0.3) is 0 Å². The Hall–Kier alpha value is -1.64. The molecule has 2 aromatic rings. The van der Waals surface area contributed by atoms with Crippen molar-refractivity contribution in [2.45, 2.75) is 17.7 Å². The molecule has 1 aromatic carbocycles. The van der Waals surface area contributed by atoms with Crippen LogP contribution in [0.4, 0.5) is 9.80 Å². The average Bonchev–Trinajstić information content (AvgIpc) is 3.05. The van der Waals surface area contributed by atoms with Crippen LogP contribution in [0, 0.1) is 0 Å². The molecule has 0 atom stereocenters. The molecule has 1 saturated heterocycles. The van der Waals surface area contributed by atoms with E-state index in [0.717, 1.165) is 22.9 Å². The number of thiophene rings is 1. The highest BCUT2D eigenvalue weighted by atomic mass is 32.2. The van der Waals surface area contributed by atoms with Crippen LogP contribution in [0.2, 0.25) is 0 Å². The predicted molar refractivity (Wildman–Crippen MR) is 81.5 cm³/mol. The van der Waals surface area contributed by atoms with Gasteiger partial charge in [0.2, 0.25) is 10.0 Å². The first-order valence-electron chi connectivity index (χ1n) is 6.50. The summed E-state index contributed by atoms with van der Waals surface area (Å²) in [5.41, 5.74) is 0. The first-order chi connectivity index (χ1) is 9.96. The number of hydrogen-bond acceptors (Lipinski definition) is 4. The molecule has 2 N–H and O–H groups in total. The molecule has 0 radical (unpaired) electrons. The van der Waals surface area contributed by atoms with Gasteiger partial charge in [-0.25, -0.2) is 13.2 Å². The van der Waals surface area contributed by atoms with Gasteiger partial charge in [0, 0.05) is 17.8 Å². The number of rotatable bonds is 3. The number of benzene rings is 1. The molecule has 6 nitrogen and oxygen atoms in total. The van der Waals surface area contributed by atoms with Crippen molar-refractivity contribution >= 4 is 42.5 Å². The molecule has 1 aromatic heterocycles. The van der Waals surface area contributed by atoms with Crippen LogP contribution in [0.1, 0.15) is 12.8 Å². The summed E-state index contributed by atoms with van der Waals surface area (Å²) in [5.74, 6) is 0. The zero-order valence-electron chi connectivity index (χ0n) is 11.1. The van der Waals surface area contributed by atoms with Crippen molar-refractivity contribution in [3.05, 3.63) is 24.3 Å². The maximum absolute atomic E-state index is 12.5. The molecule has 0 spiro atoms. The molecule has 1 amide bonds. The Morgan fingerprint density at radius 1 is 1.24 bits per heavy atom. The lowest BCUT2D eigenvalue weighted by atomic mass is 10.3. The third-order valence-corrected chi connectivity index (χ3v) is 6.33. The summed E-state index contributed by atoms with van der Waals surface area (Å²) in [6.45, 7) is 1.13. The lowest BCUT2D eigenvalue weighted by molar-refractivity contribution is 0.210. The van der Waals surface area contributed by atoms with Crippen molar-refractivity contribution in [2.75, 3.05) is 18.4 Å². The largest absolute Gasteiger partial charge is 0.465 e. The molecular weight excluding hydrogens is 312 g/mol. The molecular formula is C13H14N2O4S2. The van der Waals surface area contributed by atoms with E-state index in [-0.39, 0.29) is 4.90 Å². The number of amides is 1. The Bertz CT molecular complexity index is 792. The fourth-order valence-electron chi connectivity index (χ4n) is 2.42. The van der Waals surface area contributed by atoms with Crippen LogP contribution in [-0.2, 0) is 10.0 Å². The van der Waals surface area contributed by atoms with E-state index in [4.69, 9.17) is 5.11 Å². The first-order valence-corrected chi connectivity index (χ1v) is 8.76. The second-order valence-electron chi connectivity index (χ2n) is 4.85. The van der Waals surface area contributed by atoms with Gasteiger partial charge in [-0.05, 0) is 36.4 Å². The Labute approximate surface area is 126 Å². The summed E-state index contributed by atoms with van der Waals surface area (Å²) in [7, 11) is -3.44. The van der Waals surface area contributed by atoms with Gasteiger partial charge in [-0.15, -0.1) is 11.3 Å². The van der Waals surface area contributed by atoms with Crippen molar-refractivity contribution in [1.29, 1.82) is 0 Å². The molecule has 0 saturated carbocycles. The van der Waals surface area contributed by atoms with E-state index in [2.05, 4.69) is 5.32 Å². The van der Waals surface area contributed by atoms with Gasteiger partial charge in [0.05, 0.1) is 9.90 Å². The lowest BCUT2D eigenvalue weighted by Crippen LogP contribution is -2.27. The molecule has 2 heterocycles. The summed E-state index contributed by atoms with van der Waals surface area (Å²) in [6, 6.07) is 6.59. The van der Waals surface area contributed by atoms with Gasteiger partial charge in [0.15, 0.2) is 0 Å². The van der Waals surface area contributed by atoms with Crippen molar-refractivity contribution < 1.29 is 18.3 Å². The minimum absolute atomic E-state index is 0.264. The Kier molecular flexibility index (Phi) is 3.60. The van der Waals surface area contributed by atoms with Gasteiger partial charge in [0.1, 0.15) is 0 Å². The highest BCUT2D eigenvalue weighted by Crippen LogP contribution is 2.32. The standard InChI is InChI=1S/C13H14N2O4S2/c16-13(17)14-12-7-9-3-4-10(8-11(9)20-12)21(18,19)15-5-1-2-6-15/h3-4,7-8,14H,1-2,5-6H2,(H,16,17). The summed E-state index contributed by atoms with van der Waals surface area (Å²) in [5, 5.41) is 12.3. The van der Waals surface area contributed by atoms with E-state index in [1.165, 1.54) is 15.6 Å². The molecule has 1 aliphatic heterocycles. The molecule has 0 aliphatic carbocycles. The third-order valence-electron chi connectivity index (χ3n) is 3.42. The number of fused-ring (bicyclic) bond motifs is 1. The van der Waals surface area contributed by atoms with Crippen molar-refractivity contribution in [3.63, 3.8) is 0 Å². The maximum Gasteiger partial charge on any atom is 0.409 e. The number of nitrogens with zero attached hydrogens (tertiary/aromatic N) is 1. The van der Waals surface area contributed by atoms with E-state index in [1.54, 1.807) is 24.3 Å². The molecule has 112 valence electrons. The topological polar surface area (TPSA) is 86.7 Å². The number of carboxylic acid groups (broad SMARTS) is 1. The van der Waals surface area contributed by atoms with Crippen molar-refractivity contribution in [3.8, 4) is 0 Å². The molecule has 8 heteroatoms. The van der Waals surface area contributed by atoms with Gasteiger partial charge in [-0.1, -0.05) is 6.07 Å². The van der Waals surface area contributed by atoms with E-state index in [0.29, 0.717) is 18.1 Å². The first kappa shape index (κ1) is 14.3. The molecule has 21 heavy (non-hydrogen) atoms. The number of sulfonamides is 1. The average molecular weight is 326 g/mol. The van der Waals surface area contributed by atoms with E-state index >= 15 is 0 Å². The predicted octanol–water partition coefficient (Wildman–Crippen LogP) is 2.78. The fourth-order valence-corrected chi connectivity index (χ4v) is 5.03. The van der Waals surface area contributed by atoms with Crippen LogP contribution >= 0.6 is 11.3 Å². The van der Waals surface area contributed by atoms with Gasteiger partial charge in [-0.3, -0.25) is 5.32 Å². The molecule has 0 bridgehead atoms. The van der Waals surface area contributed by atoms with Crippen LogP contribution in [0.5, 0.6) is 0 Å². The smallest absolute Gasteiger partial charge is 0.409 e. The number of anilines is 1. The van der Waals surface area contributed by atoms with Crippen LogP contribution in [0.15, 0.2) is 29.2 Å². The minimum Gasteiger partial charge on any atom is -0.465 e. The number of hydrogen-bond donors (Lipinski definition) is 2. The van der Waals surface area contributed by atoms with E-state index in [9.17, 15) is 13.2 Å². The van der Waals surface area contributed by atoms with Crippen LogP contribution in [0.3, 0.4) is 0 Å². The summed E-state index contributed by atoms with van der Waals surface area (Å²) in [6.07, 6.45) is 0.659. The zero-order chi connectivity index (χ0) is 15.0. The second kappa shape index (κ2) is 5.28. The molecule has 1 aliphatic rings. The van der Waals surface area contributed by atoms with E-state index < -0.39 is 16.1 Å². The highest BCUT2D eigenvalue weighted by molar-refractivity contribution is 7.89. The Morgan fingerprint density at radius 2 is 1.95 bits per heavy atom. The van der Waals surface area contributed by atoms with E-state index in [1.807, 2.05) is 0 Å². The fraction of sp³-hybridized carbons (Fsp3) is 0.308. The molecule has 0 unspecified atom stereocenters. The van der Waals surface area contributed by atoms with Crippen molar-refractivity contribution in [1.82, 2.24) is 4.31 Å². The molecule has 3 rings (SSSR count). The monoisotopic (exact) mass is 326 g/mol. The van der Waals surface area contributed by atoms with Gasteiger partial charge in [-0.2, -0.15) is 4.31 Å². The maximum atomic E-state index is 12.5. The highest BCUT2D eigenvalue weighted by Gasteiger charge is 2.27. The van der Waals surface area contributed by atoms with Gasteiger partial charge >= 0.3 is 6.09 Å². The number of carbonyl (C=O) groups is 1. The number of nitrogens with one attached hydrogen (secondary N) is 1. The Morgan fingerprint density at radius 3 is 2.62 bits per heavy atom. The van der Waals surface area contributed by atoms with Gasteiger partial charge < -0.3 is 5.11 Å². The SMILES string of the molecule is O=C(O)Nc1cc2ccc(S(=O)(=O)N3CCCC3)cc2s1. The van der Waals surface area contributed by atoms with Crippen molar-refractivity contribution in [2.24, 2.45) is 0 Å². The summed E-state index contributed by atoms with van der Waals surface area (Å²) in [4.78, 5) is 10.9. The van der Waals surface area contributed by atoms with Crippen LogP contribution in [0.25, 0.3) is 10.1 Å². The molecule has 1 fully saturated rings. The van der Waals surface area contributed by atoms with Crippen LogP contribution < -0.4 is 5.32 Å². The lowest BCUT2D eigenvalue weighted by Gasteiger charge is -2.15.